The second kappa shape index (κ2) is 9.22. The molecule has 0 N–H and O–H groups in total. The summed E-state index contributed by atoms with van der Waals surface area (Å²) in [6.07, 6.45) is 0.402. The molecule has 0 aliphatic carbocycles. The first-order valence-corrected chi connectivity index (χ1v) is 8.77. The highest BCUT2D eigenvalue weighted by Gasteiger charge is 2.10. The maximum atomic E-state index is 12.8. The van der Waals surface area contributed by atoms with Crippen LogP contribution in [-0.2, 0) is 16.1 Å². The smallest absolute Gasteiger partial charge is 0.337 e. The average molecular weight is 361 g/mol. The Balaban J connectivity index is 1.79. The van der Waals surface area contributed by atoms with Gasteiger partial charge in [-0.2, -0.15) is 0 Å². The summed E-state index contributed by atoms with van der Waals surface area (Å²) in [6.45, 7) is 0.474. The minimum absolute atomic E-state index is 0.0339. The third-order valence-corrected chi connectivity index (χ3v) is 4.63. The Bertz CT molecular complexity index is 716. The first kappa shape index (κ1) is 19.0. The van der Waals surface area contributed by atoms with E-state index < -0.39 is 0 Å². The molecule has 0 unspecified atom stereocenters. The van der Waals surface area contributed by atoms with Gasteiger partial charge in [0.25, 0.3) is 0 Å². The molecule has 0 radical (unpaired) electrons. The van der Waals surface area contributed by atoms with Gasteiger partial charge in [-0.05, 0) is 42.0 Å². The molecule has 0 bridgehead atoms. The van der Waals surface area contributed by atoms with Crippen LogP contribution in [-0.4, -0.2) is 36.7 Å². The Morgan fingerprint density at radius 2 is 1.72 bits per heavy atom. The number of halogens is 1. The van der Waals surface area contributed by atoms with Crippen molar-refractivity contribution in [2.24, 2.45) is 0 Å². The number of ether oxygens (including phenoxy) is 1. The topological polar surface area (TPSA) is 46.6 Å². The minimum Gasteiger partial charge on any atom is -0.465 e. The van der Waals surface area contributed by atoms with E-state index in [0.29, 0.717) is 24.3 Å². The fraction of sp³-hybridized carbons (Fsp3) is 0.263. The quantitative estimate of drug-likeness (QED) is 0.557. The molecule has 0 spiro atoms. The largest absolute Gasteiger partial charge is 0.465 e. The Kier molecular flexibility index (Phi) is 7.01. The summed E-state index contributed by atoms with van der Waals surface area (Å²) in [7, 11) is 3.09. The highest BCUT2D eigenvalue weighted by atomic mass is 32.2. The summed E-state index contributed by atoms with van der Waals surface area (Å²) in [6, 6.07) is 13.2. The van der Waals surface area contributed by atoms with Crippen LogP contribution in [0.15, 0.2) is 53.4 Å². The van der Waals surface area contributed by atoms with E-state index in [0.717, 1.165) is 10.5 Å². The van der Waals surface area contributed by atoms with Crippen molar-refractivity contribution in [1.29, 1.82) is 0 Å². The Labute approximate surface area is 151 Å². The van der Waals surface area contributed by atoms with Crippen LogP contribution in [0.1, 0.15) is 22.3 Å². The number of esters is 1. The number of carbonyl (C=O) groups is 2. The van der Waals surface area contributed by atoms with Gasteiger partial charge in [-0.15, -0.1) is 11.8 Å². The molecule has 4 nitrogen and oxygen atoms in total. The second-order valence-corrected chi connectivity index (χ2v) is 6.66. The van der Waals surface area contributed by atoms with Gasteiger partial charge in [0.2, 0.25) is 5.91 Å². The lowest BCUT2D eigenvalue weighted by molar-refractivity contribution is -0.129. The zero-order valence-corrected chi connectivity index (χ0v) is 15.0. The van der Waals surface area contributed by atoms with Gasteiger partial charge in [0.15, 0.2) is 0 Å². The van der Waals surface area contributed by atoms with Crippen molar-refractivity contribution in [2.45, 2.75) is 17.9 Å². The minimum atomic E-state index is -0.381. The number of hydrogen-bond donors (Lipinski definition) is 0. The molecule has 132 valence electrons. The van der Waals surface area contributed by atoms with Crippen LogP contribution in [0.4, 0.5) is 4.39 Å². The molecule has 0 heterocycles. The van der Waals surface area contributed by atoms with E-state index in [9.17, 15) is 14.0 Å². The number of amides is 1. The zero-order valence-electron chi connectivity index (χ0n) is 14.2. The Morgan fingerprint density at radius 1 is 1.08 bits per heavy atom. The lowest BCUT2D eigenvalue weighted by atomic mass is 10.1. The highest BCUT2D eigenvalue weighted by molar-refractivity contribution is 7.99. The van der Waals surface area contributed by atoms with Crippen molar-refractivity contribution in [3.63, 3.8) is 0 Å². The van der Waals surface area contributed by atoms with Gasteiger partial charge in [-0.1, -0.05) is 12.1 Å². The number of hydrogen-bond acceptors (Lipinski definition) is 4. The zero-order chi connectivity index (χ0) is 18.2. The summed E-state index contributed by atoms with van der Waals surface area (Å²) in [4.78, 5) is 26.2. The van der Waals surface area contributed by atoms with Gasteiger partial charge >= 0.3 is 5.97 Å². The number of carbonyl (C=O) groups excluding carboxylic acids is 2. The number of nitrogens with zero attached hydrogens (tertiary/aromatic N) is 1. The fourth-order valence-electron chi connectivity index (χ4n) is 2.20. The molecule has 1 amide bonds. The summed E-state index contributed by atoms with van der Waals surface area (Å²) in [5.74, 6) is 0.0228. The second-order valence-electron chi connectivity index (χ2n) is 5.49. The van der Waals surface area contributed by atoms with E-state index >= 15 is 0 Å². The molecule has 0 saturated carbocycles. The number of thioether (sulfide) groups is 1. The summed E-state index contributed by atoms with van der Waals surface area (Å²) >= 11 is 1.52. The summed E-state index contributed by atoms with van der Waals surface area (Å²) in [5.41, 5.74) is 1.42. The fourth-order valence-corrected chi connectivity index (χ4v) is 3.04. The van der Waals surface area contributed by atoms with Crippen molar-refractivity contribution in [3.8, 4) is 0 Å². The van der Waals surface area contributed by atoms with Crippen LogP contribution in [0.5, 0.6) is 0 Å². The molecule has 0 saturated heterocycles. The van der Waals surface area contributed by atoms with Crippen LogP contribution in [0.3, 0.4) is 0 Å². The number of rotatable bonds is 7. The first-order valence-electron chi connectivity index (χ1n) is 7.79. The van der Waals surface area contributed by atoms with Crippen LogP contribution in [0.2, 0.25) is 0 Å². The monoisotopic (exact) mass is 361 g/mol. The van der Waals surface area contributed by atoms with Gasteiger partial charge in [0, 0.05) is 30.7 Å². The number of benzene rings is 2. The maximum Gasteiger partial charge on any atom is 0.337 e. The normalized spacial score (nSPS) is 10.4. The molecule has 0 fully saturated rings. The molecule has 0 aliphatic rings. The molecule has 6 heteroatoms. The van der Waals surface area contributed by atoms with E-state index in [1.165, 1.54) is 31.0 Å². The first-order chi connectivity index (χ1) is 12.0. The summed E-state index contributed by atoms with van der Waals surface area (Å²) in [5, 5.41) is 0. The van der Waals surface area contributed by atoms with Crippen LogP contribution in [0.25, 0.3) is 0 Å². The van der Waals surface area contributed by atoms with Crippen LogP contribution < -0.4 is 0 Å². The molecule has 2 aromatic carbocycles. The predicted octanol–water partition coefficient (Wildman–Crippen LogP) is 3.75. The van der Waals surface area contributed by atoms with Crippen molar-refractivity contribution >= 4 is 23.6 Å². The van der Waals surface area contributed by atoms with Gasteiger partial charge in [0.1, 0.15) is 5.82 Å². The molecule has 2 rings (SSSR count). The number of methoxy groups -OCH3 is 1. The third kappa shape index (κ3) is 5.90. The third-order valence-electron chi connectivity index (χ3n) is 3.62. The van der Waals surface area contributed by atoms with Gasteiger partial charge in [-0.25, -0.2) is 9.18 Å². The van der Waals surface area contributed by atoms with Crippen molar-refractivity contribution in [3.05, 3.63) is 65.5 Å². The maximum absolute atomic E-state index is 12.8. The van der Waals surface area contributed by atoms with E-state index in [1.54, 1.807) is 36.2 Å². The molecule has 0 aliphatic heterocycles. The van der Waals surface area contributed by atoms with Crippen molar-refractivity contribution < 1.29 is 18.7 Å². The Morgan fingerprint density at radius 3 is 2.32 bits per heavy atom. The SMILES string of the molecule is COC(=O)c1ccc(CN(C)C(=O)CCSc2ccc(F)cc2)cc1. The van der Waals surface area contributed by atoms with Crippen molar-refractivity contribution in [1.82, 2.24) is 4.90 Å². The van der Waals surface area contributed by atoms with Gasteiger partial charge < -0.3 is 9.64 Å². The highest BCUT2D eigenvalue weighted by Crippen LogP contribution is 2.19. The van der Waals surface area contributed by atoms with E-state index in [2.05, 4.69) is 4.74 Å². The lowest BCUT2D eigenvalue weighted by Gasteiger charge is -2.17. The molecule has 25 heavy (non-hydrogen) atoms. The molecule has 0 aromatic heterocycles. The van der Waals surface area contributed by atoms with E-state index in [4.69, 9.17) is 0 Å². The van der Waals surface area contributed by atoms with Gasteiger partial charge in [-0.3, -0.25) is 4.79 Å². The standard InChI is InChI=1S/C19H20FNO3S/c1-21(13-14-3-5-15(6-4-14)19(23)24-2)18(22)11-12-25-17-9-7-16(20)8-10-17/h3-10H,11-13H2,1-2H3. The predicted molar refractivity (Wildman–Crippen MR) is 96.0 cm³/mol. The summed E-state index contributed by atoms with van der Waals surface area (Å²) < 4.78 is 17.5. The van der Waals surface area contributed by atoms with Crippen LogP contribution in [0, 0.1) is 5.82 Å². The molecule has 2 aromatic rings. The lowest BCUT2D eigenvalue weighted by Crippen LogP contribution is -2.26. The van der Waals surface area contributed by atoms with Crippen LogP contribution >= 0.6 is 11.8 Å². The van der Waals surface area contributed by atoms with E-state index in [-0.39, 0.29) is 17.7 Å². The Hall–Kier alpha value is -2.34. The molecular formula is C19H20FNO3S. The molecule has 0 atom stereocenters. The van der Waals surface area contributed by atoms with Crippen molar-refractivity contribution in [2.75, 3.05) is 19.9 Å². The molecular weight excluding hydrogens is 341 g/mol. The van der Waals surface area contributed by atoms with E-state index in [1.807, 2.05) is 12.1 Å². The average Bonchev–Trinajstić information content (AvgIpc) is 2.63. The van der Waals surface area contributed by atoms with Gasteiger partial charge in [0.05, 0.1) is 12.7 Å².